The molecule has 0 unspecified atom stereocenters. The van der Waals surface area contributed by atoms with E-state index in [9.17, 15) is 19.5 Å². The van der Waals surface area contributed by atoms with Gasteiger partial charge >= 0.3 is 5.97 Å². The number of aromatic hydroxyl groups is 1. The van der Waals surface area contributed by atoms with Crippen LogP contribution in [0.1, 0.15) is 38.3 Å². The number of nitrogens with one attached hydrogen (secondary N) is 1. The van der Waals surface area contributed by atoms with Gasteiger partial charge in [0.25, 0.3) is 0 Å². The van der Waals surface area contributed by atoms with E-state index in [4.69, 9.17) is 4.74 Å². The summed E-state index contributed by atoms with van der Waals surface area (Å²) in [6.07, 6.45) is 1.05. The molecule has 26 heavy (non-hydrogen) atoms. The summed E-state index contributed by atoms with van der Waals surface area (Å²) < 4.78 is 5.03. The molecule has 1 aromatic carbocycles. The summed E-state index contributed by atoms with van der Waals surface area (Å²) in [6, 6.07) is 5.97. The van der Waals surface area contributed by atoms with Gasteiger partial charge in [-0.25, -0.2) is 0 Å². The maximum Gasteiger partial charge on any atom is 0.326 e. The standard InChI is InChI=1S/C19H24N2O5/c1-4-10-19(18(25)26-3)14-13(16(23)21(5-2)17(14)24)15(20-19)11-6-8-12(22)9-7-11/h6-9,13-15,20,22H,4-5,10H2,1-3H3/t13-,14-,15-,19+/m1/s1. The minimum atomic E-state index is -1.23. The number of benzene rings is 1. The third-order valence-corrected chi connectivity index (χ3v) is 5.51. The van der Waals surface area contributed by atoms with Gasteiger partial charge in [0.05, 0.1) is 18.9 Å². The molecule has 2 heterocycles. The lowest BCUT2D eigenvalue weighted by Crippen LogP contribution is -2.56. The maximum absolute atomic E-state index is 13.0. The number of phenolic OH excluding ortho intramolecular Hbond substituents is 1. The molecular weight excluding hydrogens is 336 g/mol. The third kappa shape index (κ3) is 2.49. The predicted molar refractivity (Wildman–Crippen MR) is 93.0 cm³/mol. The summed E-state index contributed by atoms with van der Waals surface area (Å²) in [5.41, 5.74) is -0.480. The molecule has 4 atom stereocenters. The number of likely N-dealkylation sites (tertiary alicyclic amines) is 1. The zero-order valence-electron chi connectivity index (χ0n) is 15.2. The van der Waals surface area contributed by atoms with Gasteiger partial charge in [0.15, 0.2) is 0 Å². The van der Waals surface area contributed by atoms with E-state index in [1.165, 1.54) is 24.1 Å². The van der Waals surface area contributed by atoms with Crippen molar-refractivity contribution < 1.29 is 24.2 Å². The molecule has 0 saturated carbocycles. The number of carbonyl (C=O) groups is 3. The lowest BCUT2D eigenvalue weighted by molar-refractivity contribution is -0.154. The molecule has 0 bridgehead atoms. The van der Waals surface area contributed by atoms with Crippen LogP contribution in [0.3, 0.4) is 0 Å². The first-order valence-electron chi connectivity index (χ1n) is 8.91. The van der Waals surface area contributed by atoms with Crippen molar-refractivity contribution >= 4 is 17.8 Å². The van der Waals surface area contributed by atoms with Crippen molar-refractivity contribution in [1.29, 1.82) is 0 Å². The Hall–Kier alpha value is -2.41. The minimum Gasteiger partial charge on any atom is -0.508 e. The van der Waals surface area contributed by atoms with Crippen LogP contribution in [0, 0.1) is 11.8 Å². The van der Waals surface area contributed by atoms with Crippen molar-refractivity contribution in [1.82, 2.24) is 10.2 Å². The molecule has 2 aliphatic rings. The molecule has 2 amide bonds. The summed E-state index contributed by atoms with van der Waals surface area (Å²) in [6.45, 7) is 3.95. The van der Waals surface area contributed by atoms with Gasteiger partial charge in [-0.15, -0.1) is 0 Å². The van der Waals surface area contributed by atoms with Crippen LogP contribution in [0.2, 0.25) is 0 Å². The molecule has 7 heteroatoms. The number of carbonyl (C=O) groups excluding carboxylic acids is 3. The first-order chi connectivity index (χ1) is 12.4. The number of fused-ring (bicyclic) bond motifs is 1. The molecule has 140 valence electrons. The van der Waals surface area contributed by atoms with Crippen molar-refractivity contribution in [2.24, 2.45) is 11.8 Å². The fourth-order valence-corrected chi connectivity index (χ4v) is 4.44. The van der Waals surface area contributed by atoms with Crippen molar-refractivity contribution in [3.8, 4) is 5.75 Å². The number of phenols is 1. The highest BCUT2D eigenvalue weighted by Gasteiger charge is 2.68. The summed E-state index contributed by atoms with van der Waals surface area (Å²) in [7, 11) is 1.29. The fraction of sp³-hybridized carbons (Fsp3) is 0.526. The van der Waals surface area contributed by atoms with Crippen LogP contribution in [0.25, 0.3) is 0 Å². The first-order valence-corrected chi connectivity index (χ1v) is 8.91. The number of nitrogens with zero attached hydrogens (tertiary/aromatic N) is 1. The monoisotopic (exact) mass is 360 g/mol. The molecule has 2 fully saturated rings. The molecule has 1 aromatic rings. The van der Waals surface area contributed by atoms with Crippen LogP contribution in [0.4, 0.5) is 0 Å². The van der Waals surface area contributed by atoms with Crippen molar-refractivity contribution in [2.75, 3.05) is 13.7 Å². The van der Waals surface area contributed by atoms with E-state index in [0.29, 0.717) is 12.8 Å². The minimum absolute atomic E-state index is 0.111. The Kier molecular flexibility index (Phi) is 4.75. The second-order valence-corrected chi connectivity index (χ2v) is 6.85. The summed E-state index contributed by atoms with van der Waals surface area (Å²) in [4.78, 5) is 39.9. The molecule has 2 aliphatic heterocycles. The van der Waals surface area contributed by atoms with Crippen molar-refractivity contribution in [3.63, 3.8) is 0 Å². The Morgan fingerprint density at radius 3 is 2.42 bits per heavy atom. The number of rotatable bonds is 5. The summed E-state index contributed by atoms with van der Waals surface area (Å²) >= 11 is 0. The summed E-state index contributed by atoms with van der Waals surface area (Å²) in [5.74, 6) is -2.46. The molecule has 0 spiro atoms. The van der Waals surface area contributed by atoms with Gasteiger partial charge in [0.1, 0.15) is 11.3 Å². The normalized spacial score (nSPS) is 30.6. The van der Waals surface area contributed by atoms with Crippen LogP contribution in [-0.2, 0) is 19.1 Å². The van der Waals surface area contributed by atoms with Crippen LogP contribution < -0.4 is 5.32 Å². The average Bonchev–Trinajstić information content (AvgIpc) is 3.10. The van der Waals surface area contributed by atoms with Gasteiger partial charge in [-0.1, -0.05) is 25.5 Å². The quantitative estimate of drug-likeness (QED) is 0.608. The zero-order chi connectivity index (χ0) is 19.1. The Morgan fingerprint density at radius 1 is 1.23 bits per heavy atom. The maximum atomic E-state index is 13.0. The van der Waals surface area contributed by atoms with Gasteiger partial charge < -0.3 is 9.84 Å². The van der Waals surface area contributed by atoms with E-state index in [2.05, 4.69) is 5.32 Å². The van der Waals surface area contributed by atoms with Gasteiger partial charge in [0.2, 0.25) is 11.8 Å². The average molecular weight is 360 g/mol. The Bertz CT molecular complexity index is 732. The van der Waals surface area contributed by atoms with E-state index in [1.807, 2.05) is 6.92 Å². The molecule has 0 radical (unpaired) electrons. The van der Waals surface area contributed by atoms with E-state index >= 15 is 0 Å². The molecule has 0 aromatic heterocycles. The van der Waals surface area contributed by atoms with Gasteiger partial charge in [-0.2, -0.15) is 0 Å². The Balaban J connectivity index is 2.13. The first kappa shape index (κ1) is 18.4. The van der Waals surface area contributed by atoms with Crippen LogP contribution >= 0.6 is 0 Å². The topological polar surface area (TPSA) is 95.9 Å². The van der Waals surface area contributed by atoms with Gasteiger partial charge in [-0.3, -0.25) is 24.6 Å². The number of methoxy groups -OCH3 is 1. The summed E-state index contributed by atoms with van der Waals surface area (Å²) in [5, 5.41) is 12.8. The molecular formula is C19H24N2O5. The molecule has 0 aliphatic carbocycles. The van der Waals surface area contributed by atoms with Crippen LogP contribution in [0.15, 0.2) is 24.3 Å². The van der Waals surface area contributed by atoms with Crippen LogP contribution in [0.5, 0.6) is 5.75 Å². The predicted octanol–water partition coefficient (Wildman–Crippen LogP) is 1.37. The lowest BCUT2D eigenvalue weighted by Gasteiger charge is -2.32. The molecule has 2 N–H and O–H groups in total. The second kappa shape index (κ2) is 6.72. The number of esters is 1. The largest absolute Gasteiger partial charge is 0.508 e. The lowest BCUT2D eigenvalue weighted by atomic mass is 9.77. The van der Waals surface area contributed by atoms with Gasteiger partial charge in [0, 0.05) is 12.6 Å². The van der Waals surface area contributed by atoms with Crippen molar-refractivity contribution in [3.05, 3.63) is 29.8 Å². The number of ether oxygens (including phenoxy) is 1. The second-order valence-electron chi connectivity index (χ2n) is 6.85. The SMILES string of the molecule is CCC[C@]1(C(=O)OC)N[C@H](c2ccc(O)cc2)[C@@H]2C(=O)N(CC)C(=O)[C@@H]21. The highest BCUT2D eigenvalue weighted by atomic mass is 16.5. The molecule has 7 nitrogen and oxygen atoms in total. The Morgan fingerprint density at radius 2 is 1.88 bits per heavy atom. The fourth-order valence-electron chi connectivity index (χ4n) is 4.44. The molecule has 2 saturated heterocycles. The van der Waals surface area contributed by atoms with Crippen molar-refractivity contribution in [2.45, 2.75) is 38.3 Å². The van der Waals surface area contributed by atoms with E-state index < -0.39 is 29.4 Å². The number of hydrogen-bond acceptors (Lipinski definition) is 6. The van der Waals surface area contributed by atoms with E-state index in [0.717, 1.165) is 5.56 Å². The Labute approximate surface area is 152 Å². The highest BCUT2D eigenvalue weighted by molar-refractivity contribution is 6.09. The zero-order valence-corrected chi connectivity index (χ0v) is 15.2. The molecule has 3 rings (SSSR count). The number of amides is 2. The third-order valence-electron chi connectivity index (χ3n) is 5.51. The number of hydrogen-bond donors (Lipinski definition) is 2. The number of imide groups is 1. The van der Waals surface area contributed by atoms with Gasteiger partial charge in [-0.05, 0) is 31.0 Å². The smallest absolute Gasteiger partial charge is 0.326 e. The van der Waals surface area contributed by atoms with E-state index in [-0.39, 0.29) is 24.1 Å². The van der Waals surface area contributed by atoms with Crippen LogP contribution in [-0.4, -0.2) is 47.0 Å². The highest BCUT2D eigenvalue weighted by Crippen LogP contribution is 2.50. The van der Waals surface area contributed by atoms with E-state index in [1.54, 1.807) is 19.1 Å².